The molecule has 0 aliphatic rings. The lowest BCUT2D eigenvalue weighted by atomic mass is 10.2. The monoisotopic (exact) mass is 334 g/mol. The molecule has 0 heterocycles. The third-order valence-electron chi connectivity index (χ3n) is 2.06. The van der Waals surface area contributed by atoms with Crippen molar-refractivity contribution in [3.8, 4) is 0 Å². The van der Waals surface area contributed by atoms with E-state index in [9.17, 15) is 4.79 Å². The predicted octanol–water partition coefficient (Wildman–Crippen LogP) is 3.57. The predicted molar refractivity (Wildman–Crippen MR) is 70.2 cm³/mol. The lowest BCUT2D eigenvalue weighted by molar-refractivity contribution is 0.112. The van der Waals surface area contributed by atoms with Gasteiger partial charge in [0.15, 0.2) is 6.29 Å². The van der Waals surface area contributed by atoms with Gasteiger partial charge in [0.25, 0.3) is 0 Å². The van der Waals surface area contributed by atoms with Crippen LogP contribution >= 0.6 is 31.9 Å². The zero-order valence-electron chi connectivity index (χ0n) is 8.40. The Morgan fingerprint density at radius 3 is 1.86 bits per heavy atom. The summed E-state index contributed by atoms with van der Waals surface area (Å²) >= 11 is 6.82. The van der Waals surface area contributed by atoms with Gasteiger partial charge in [-0.15, -0.1) is 0 Å². The molecule has 76 valence electrons. The highest BCUT2D eigenvalue weighted by atomic mass is 79.9. The maximum atomic E-state index is 10.8. The van der Waals surface area contributed by atoms with Gasteiger partial charge >= 0.3 is 0 Å². The van der Waals surface area contributed by atoms with Crippen LogP contribution in [0.3, 0.4) is 0 Å². The molecule has 0 aliphatic heterocycles. The molecular weight excluding hydrogens is 324 g/mol. The van der Waals surface area contributed by atoms with Gasteiger partial charge in [-0.2, -0.15) is 0 Å². The highest BCUT2D eigenvalue weighted by molar-refractivity contribution is 9.11. The van der Waals surface area contributed by atoms with Crippen molar-refractivity contribution < 1.29 is 4.79 Å². The van der Waals surface area contributed by atoms with Crippen LogP contribution in [0.1, 0.15) is 10.4 Å². The first-order valence-electron chi connectivity index (χ1n) is 4.31. The highest BCUT2D eigenvalue weighted by Gasteiger charge is 2.18. The molecule has 1 aromatic carbocycles. The minimum absolute atomic E-state index is 0.687. The van der Waals surface area contributed by atoms with Crippen molar-refractivity contribution in [1.29, 1.82) is 0 Å². The number of carbonyl (C=O) groups is 1. The smallest absolute Gasteiger partial charge is 0.152 e. The minimum Gasteiger partial charge on any atom is -0.298 e. The van der Waals surface area contributed by atoms with Crippen molar-refractivity contribution in [3.05, 3.63) is 26.6 Å². The third-order valence-corrected chi connectivity index (χ3v) is 5.40. The molecule has 1 nitrogen and oxygen atoms in total. The molecule has 4 heteroatoms. The van der Waals surface area contributed by atoms with Gasteiger partial charge in [0, 0.05) is 14.5 Å². The second-order valence-electron chi connectivity index (χ2n) is 4.22. The van der Waals surface area contributed by atoms with Gasteiger partial charge in [0.1, 0.15) is 0 Å². The number of hydrogen-bond donors (Lipinski definition) is 0. The Bertz CT molecular complexity index is 346. The van der Waals surface area contributed by atoms with Gasteiger partial charge in [-0.25, -0.2) is 0 Å². The number of aldehydes is 1. The van der Waals surface area contributed by atoms with Crippen LogP contribution in [0.25, 0.3) is 0 Å². The summed E-state index contributed by atoms with van der Waals surface area (Å²) in [5.41, 5.74) is 0.687. The summed E-state index contributed by atoms with van der Waals surface area (Å²) in [5.74, 6) is 0. The van der Waals surface area contributed by atoms with Crippen molar-refractivity contribution in [3.63, 3.8) is 0 Å². The fourth-order valence-electron chi connectivity index (χ4n) is 1.13. The first-order valence-corrected chi connectivity index (χ1v) is 9.39. The molecule has 0 bridgehead atoms. The summed E-state index contributed by atoms with van der Waals surface area (Å²) < 4.78 is 1.75. The van der Waals surface area contributed by atoms with Gasteiger partial charge in [-0.1, -0.05) is 56.7 Å². The highest BCUT2D eigenvalue weighted by Crippen LogP contribution is 2.23. The topological polar surface area (TPSA) is 17.1 Å². The van der Waals surface area contributed by atoms with Gasteiger partial charge in [-0.05, 0) is 12.1 Å². The molecule has 0 aliphatic carbocycles. The Hall–Kier alpha value is 0.0669. The summed E-state index contributed by atoms with van der Waals surface area (Å²) in [6, 6.07) is 4.11. The Morgan fingerprint density at radius 2 is 1.57 bits per heavy atom. The van der Waals surface area contributed by atoms with Crippen molar-refractivity contribution in [2.45, 2.75) is 19.6 Å². The third kappa shape index (κ3) is 2.55. The number of rotatable bonds is 2. The minimum atomic E-state index is -1.31. The van der Waals surface area contributed by atoms with Crippen molar-refractivity contribution >= 4 is 51.4 Å². The van der Waals surface area contributed by atoms with E-state index in [1.165, 1.54) is 5.19 Å². The summed E-state index contributed by atoms with van der Waals surface area (Å²) in [6.45, 7) is 6.84. The van der Waals surface area contributed by atoms with Crippen LogP contribution in [0.15, 0.2) is 21.1 Å². The molecule has 0 saturated carbocycles. The molecule has 14 heavy (non-hydrogen) atoms. The summed E-state index contributed by atoms with van der Waals surface area (Å²) in [7, 11) is -1.31. The van der Waals surface area contributed by atoms with Crippen LogP contribution < -0.4 is 5.19 Å². The average molecular weight is 336 g/mol. The zero-order valence-corrected chi connectivity index (χ0v) is 12.6. The lowest BCUT2D eigenvalue weighted by Gasteiger charge is -2.18. The molecule has 0 N–H and O–H groups in total. The van der Waals surface area contributed by atoms with Gasteiger partial charge in [0.2, 0.25) is 0 Å². The van der Waals surface area contributed by atoms with E-state index in [-0.39, 0.29) is 0 Å². The molecule has 0 fully saturated rings. The number of hydrogen-bond acceptors (Lipinski definition) is 1. The fraction of sp³-hybridized carbons (Fsp3) is 0.300. The van der Waals surface area contributed by atoms with Gasteiger partial charge in [0.05, 0.1) is 8.07 Å². The molecule has 0 unspecified atom stereocenters. The summed E-state index contributed by atoms with van der Waals surface area (Å²) in [4.78, 5) is 10.8. The maximum Gasteiger partial charge on any atom is 0.152 e. The Labute approximate surface area is 102 Å². The van der Waals surface area contributed by atoms with Crippen LogP contribution in [0.5, 0.6) is 0 Å². The largest absolute Gasteiger partial charge is 0.298 e. The van der Waals surface area contributed by atoms with Crippen molar-refractivity contribution in [2.75, 3.05) is 0 Å². The van der Waals surface area contributed by atoms with Crippen LogP contribution in [-0.4, -0.2) is 14.4 Å². The van der Waals surface area contributed by atoms with E-state index in [1.807, 2.05) is 0 Å². The number of benzene rings is 1. The summed E-state index contributed by atoms with van der Waals surface area (Å²) in [6.07, 6.45) is 0.863. The van der Waals surface area contributed by atoms with Crippen LogP contribution in [-0.2, 0) is 0 Å². The van der Waals surface area contributed by atoms with Gasteiger partial charge in [-0.3, -0.25) is 4.79 Å². The SMILES string of the molecule is C[Si](C)(C)c1cc(Br)c(C=O)c(Br)c1. The molecule has 0 spiro atoms. The molecule has 0 atom stereocenters. The molecule has 1 aromatic rings. The van der Waals surface area contributed by atoms with E-state index in [2.05, 4.69) is 63.6 Å². The molecule has 0 saturated heterocycles. The quantitative estimate of drug-likeness (QED) is 0.596. The first kappa shape index (κ1) is 12.1. The van der Waals surface area contributed by atoms with E-state index in [4.69, 9.17) is 0 Å². The lowest BCUT2D eigenvalue weighted by Crippen LogP contribution is -2.37. The second kappa shape index (κ2) is 4.29. The van der Waals surface area contributed by atoms with E-state index in [1.54, 1.807) is 0 Å². The van der Waals surface area contributed by atoms with Crippen molar-refractivity contribution in [2.24, 2.45) is 0 Å². The van der Waals surface area contributed by atoms with Gasteiger partial charge < -0.3 is 0 Å². The van der Waals surface area contributed by atoms with E-state index < -0.39 is 8.07 Å². The van der Waals surface area contributed by atoms with E-state index >= 15 is 0 Å². The van der Waals surface area contributed by atoms with E-state index in [0.717, 1.165) is 15.2 Å². The number of halogens is 2. The van der Waals surface area contributed by atoms with Crippen LogP contribution in [0.4, 0.5) is 0 Å². The molecular formula is C10H12Br2OSi. The van der Waals surface area contributed by atoms with Crippen LogP contribution in [0.2, 0.25) is 19.6 Å². The Morgan fingerprint density at radius 1 is 1.14 bits per heavy atom. The molecule has 0 radical (unpaired) electrons. The Balaban J connectivity index is 3.35. The number of carbonyl (C=O) groups excluding carboxylic acids is 1. The standard InChI is InChI=1S/C10H12Br2OSi/c1-14(2,3)7-4-9(11)8(6-13)10(12)5-7/h4-6H,1-3H3. The molecule has 0 aromatic heterocycles. The molecule has 0 amide bonds. The van der Waals surface area contributed by atoms with E-state index in [0.29, 0.717) is 5.56 Å². The van der Waals surface area contributed by atoms with Crippen LogP contribution in [0, 0.1) is 0 Å². The second-order valence-corrected chi connectivity index (χ2v) is 11.0. The Kier molecular flexibility index (Phi) is 3.72. The molecule has 1 rings (SSSR count). The zero-order chi connectivity index (χ0) is 10.9. The van der Waals surface area contributed by atoms with Crippen molar-refractivity contribution in [1.82, 2.24) is 0 Å². The normalized spacial score (nSPS) is 11.5. The summed E-state index contributed by atoms with van der Waals surface area (Å²) in [5, 5.41) is 1.34. The fourth-order valence-corrected chi connectivity index (χ4v) is 4.08. The maximum absolute atomic E-state index is 10.8. The average Bonchev–Trinajstić information content (AvgIpc) is 2.01. The first-order chi connectivity index (χ1) is 6.36.